The quantitative estimate of drug-likeness (QED) is 0.857. The van der Waals surface area contributed by atoms with Crippen LogP contribution in [0.15, 0.2) is 29.0 Å². The van der Waals surface area contributed by atoms with Crippen LogP contribution in [0.5, 0.6) is 0 Å². The van der Waals surface area contributed by atoms with E-state index in [2.05, 4.69) is 10.4 Å². The second-order valence-electron chi connectivity index (χ2n) is 5.32. The fourth-order valence-electron chi connectivity index (χ4n) is 2.07. The molecular weight excluding hydrogens is 323 g/mol. The molecular formula is C15H18Cl2N4O. The summed E-state index contributed by atoms with van der Waals surface area (Å²) in [6.45, 7) is 2.31. The van der Waals surface area contributed by atoms with Crippen molar-refractivity contribution in [2.24, 2.45) is 5.10 Å². The van der Waals surface area contributed by atoms with Gasteiger partial charge in [0.15, 0.2) is 0 Å². The number of halogens is 2. The van der Waals surface area contributed by atoms with E-state index in [9.17, 15) is 4.79 Å². The highest BCUT2D eigenvalue weighted by Gasteiger charge is 2.27. The first-order valence-corrected chi connectivity index (χ1v) is 7.49. The number of hydrazone groups is 1. The molecule has 0 fully saturated rings. The lowest BCUT2D eigenvalue weighted by atomic mass is 10.1. The Morgan fingerprint density at radius 1 is 1.32 bits per heavy atom. The fourth-order valence-corrected chi connectivity index (χ4v) is 2.52. The lowest BCUT2D eigenvalue weighted by Gasteiger charge is -2.11. The zero-order chi connectivity index (χ0) is 16.4. The maximum atomic E-state index is 12.1. The van der Waals surface area contributed by atoms with Crippen LogP contribution in [0.25, 0.3) is 0 Å². The molecule has 5 nitrogen and oxygen atoms in total. The lowest BCUT2D eigenvalue weighted by molar-refractivity contribution is -0.124. The molecule has 1 aromatic carbocycles. The predicted octanol–water partition coefficient (Wildman–Crippen LogP) is 2.99. The van der Waals surface area contributed by atoms with Gasteiger partial charge >= 0.3 is 0 Å². The SMILES string of the molecule is Cc1cc(NCC2=NN(C)C(=O)/C2=C/N(C)C)c(Cl)cc1Cl. The van der Waals surface area contributed by atoms with Gasteiger partial charge in [-0.25, -0.2) is 5.01 Å². The van der Waals surface area contributed by atoms with Gasteiger partial charge in [0.2, 0.25) is 0 Å². The Morgan fingerprint density at radius 2 is 2.00 bits per heavy atom. The number of nitrogens with zero attached hydrogens (tertiary/aromatic N) is 3. The number of carbonyl (C=O) groups is 1. The van der Waals surface area contributed by atoms with Gasteiger partial charge in [0.25, 0.3) is 5.91 Å². The van der Waals surface area contributed by atoms with Crippen LogP contribution in [-0.2, 0) is 4.79 Å². The minimum absolute atomic E-state index is 0.121. The number of carbonyl (C=O) groups excluding carboxylic acids is 1. The second kappa shape index (κ2) is 6.58. The molecule has 1 aliphatic rings. The van der Waals surface area contributed by atoms with Gasteiger partial charge in [-0.15, -0.1) is 0 Å². The molecule has 7 heteroatoms. The molecule has 0 saturated carbocycles. The molecule has 118 valence electrons. The predicted molar refractivity (Wildman–Crippen MR) is 91.7 cm³/mol. The molecule has 1 aromatic rings. The number of anilines is 1. The maximum absolute atomic E-state index is 12.1. The van der Waals surface area contributed by atoms with E-state index in [1.165, 1.54) is 5.01 Å². The van der Waals surface area contributed by atoms with Crippen molar-refractivity contribution in [3.05, 3.63) is 39.5 Å². The van der Waals surface area contributed by atoms with Crippen LogP contribution in [0.2, 0.25) is 10.0 Å². The molecule has 0 unspecified atom stereocenters. The minimum atomic E-state index is -0.121. The Labute approximate surface area is 140 Å². The number of likely N-dealkylation sites (N-methyl/N-ethyl adjacent to an activating group) is 1. The van der Waals surface area contributed by atoms with Crippen molar-refractivity contribution >= 4 is 40.5 Å². The maximum Gasteiger partial charge on any atom is 0.277 e. The van der Waals surface area contributed by atoms with Crippen LogP contribution >= 0.6 is 23.2 Å². The number of amides is 1. The summed E-state index contributed by atoms with van der Waals surface area (Å²) >= 11 is 12.2. The van der Waals surface area contributed by atoms with Crippen LogP contribution in [0.3, 0.4) is 0 Å². The Hall–Kier alpha value is -1.72. The number of rotatable bonds is 4. The van der Waals surface area contributed by atoms with Crippen molar-refractivity contribution in [3.63, 3.8) is 0 Å². The molecule has 0 radical (unpaired) electrons. The molecule has 1 aliphatic heterocycles. The normalized spacial score (nSPS) is 16.3. The Bertz CT molecular complexity index is 668. The molecule has 0 aromatic heterocycles. The van der Waals surface area contributed by atoms with Gasteiger partial charge < -0.3 is 10.2 Å². The van der Waals surface area contributed by atoms with E-state index >= 15 is 0 Å². The van der Waals surface area contributed by atoms with Gasteiger partial charge in [-0.2, -0.15) is 5.10 Å². The standard InChI is InChI=1S/C15H18Cl2N4O/c1-9-5-13(12(17)6-11(9)16)18-7-14-10(8-20(2)3)15(22)21(4)19-14/h5-6,8,18H,7H2,1-4H3/b10-8+. The van der Waals surface area contributed by atoms with Crippen molar-refractivity contribution in [3.8, 4) is 0 Å². The number of hydrogen-bond acceptors (Lipinski definition) is 4. The van der Waals surface area contributed by atoms with E-state index in [1.807, 2.05) is 32.0 Å². The monoisotopic (exact) mass is 340 g/mol. The molecule has 1 N–H and O–H groups in total. The molecule has 0 spiro atoms. The number of nitrogens with one attached hydrogen (secondary N) is 1. The van der Waals surface area contributed by atoms with Crippen LogP contribution in [0, 0.1) is 6.92 Å². The second-order valence-corrected chi connectivity index (χ2v) is 6.13. The van der Waals surface area contributed by atoms with Crippen LogP contribution < -0.4 is 5.32 Å². The van der Waals surface area contributed by atoms with E-state index in [0.717, 1.165) is 11.3 Å². The Balaban J connectivity index is 2.19. The number of benzene rings is 1. The lowest BCUT2D eigenvalue weighted by Crippen LogP contribution is -2.21. The summed E-state index contributed by atoms with van der Waals surface area (Å²) < 4.78 is 0. The third-order valence-corrected chi connectivity index (χ3v) is 3.91. The van der Waals surface area contributed by atoms with Crippen molar-refractivity contribution in [2.75, 3.05) is 33.0 Å². The van der Waals surface area contributed by atoms with Gasteiger partial charge in [-0.05, 0) is 24.6 Å². The molecule has 0 atom stereocenters. The van der Waals surface area contributed by atoms with Gasteiger partial charge in [0.1, 0.15) is 0 Å². The van der Waals surface area contributed by atoms with Crippen LogP contribution in [0.4, 0.5) is 5.69 Å². The summed E-state index contributed by atoms with van der Waals surface area (Å²) in [4.78, 5) is 13.9. The van der Waals surface area contributed by atoms with Gasteiger partial charge in [-0.1, -0.05) is 23.2 Å². The topological polar surface area (TPSA) is 47.9 Å². The minimum Gasteiger partial charge on any atom is -0.383 e. The van der Waals surface area contributed by atoms with Gasteiger partial charge in [-0.3, -0.25) is 4.79 Å². The molecule has 2 rings (SSSR count). The summed E-state index contributed by atoms with van der Waals surface area (Å²) in [6.07, 6.45) is 1.76. The van der Waals surface area contributed by atoms with Crippen molar-refractivity contribution in [1.82, 2.24) is 9.91 Å². The van der Waals surface area contributed by atoms with E-state index in [-0.39, 0.29) is 5.91 Å². The summed E-state index contributed by atoms with van der Waals surface area (Å²) in [5.41, 5.74) is 2.93. The highest BCUT2D eigenvalue weighted by molar-refractivity contribution is 6.37. The summed E-state index contributed by atoms with van der Waals surface area (Å²) in [5, 5.41) is 9.96. The first kappa shape index (κ1) is 16.6. The highest BCUT2D eigenvalue weighted by Crippen LogP contribution is 2.29. The first-order valence-electron chi connectivity index (χ1n) is 6.73. The largest absolute Gasteiger partial charge is 0.383 e. The van der Waals surface area contributed by atoms with Gasteiger partial charge in [0.05, 0.1) is 28.5 Å². The smallest absolute Gasteiger partial charge is 0.277 e. The zero-order valence-electron chi connectivity index (χ0n) is 12.9. The van der Waals surface area contributed by atoms with E-state index in [4.69, 9.17) is 23.2 Å². The van der Waals surface area contributed by atoms with Crippen molar-refractivity contribution in [1.29, 1.82) is 0 Å². The average molecular weight is 341 g/mol. The van der Waals surface area contributed by atoms with E-state index < -0.39 is 0 Å². The van der Waals surface area contributed by atoms with Crippen molar-refractivity contribution in [2.45, 2.75) is 6.92 Å². The Kier molecular flexibility index (Phi) is 4.98. The first-order chi connectivity index (χ1) is 10.3. The molecule has 1 amide bonds. The highest BCUT2D eigenvalue weighted by atomic mass is 35.5. The van der Waals surface area contributed by atoms with Crippen molar-refractivity contribution < 1.29 is 4.79 Å². The molecule has 0 bridgehead atoms. The molecule has 0 aliphatic carbocycles. The number of hydrogen-bond donors (Lipinski definition) is 1. The van der Waals surface area contributed by atoms with Crippen LogP contribution in [0.1, 0.15) is 5.56 Å². The molecule has 1 heterocycles. The fraction of sp³-hybridized carbons (Fsp3) is 0.333. The number of aryl methyl sites for hydroxylation is 1. The molecule has 0 saturated heterocycles. The third kappa shape index (κ3) is 3.54. The molecule has 22 heavy (non-hydrogen) atoms. The van der Waals surface area contributed by atoms with E-state index in [1.54, 1.807) is 19.3 Å². The van der Waals surface area contributed by atoms with Gasteiger partial charge in [0, 0.05) is 32.4 Å². The summed E-state index contributed by atoms with van der Waals surface area (Å²) in [7, 11) is 5.37. The zero-order valence-corrected chi connectivity index (χ0v) is 14.5. The third-order valence-electron chi connectivity index (χ3n) is 3.19. The Morgan fingerprint density at radius 3 is 2.64 bits per heavy atom. The average Bonchev–Trinajstić information content (AvgIpc) is 2.69. The summed E-state index contributed by atoms with van der Waals surface area (Å²) in [5.74, 6) is -0.121. The summed E-state index contributed by atoms with van der Waals surface area (Å²) in [6, 6.07) is 3.58. The van der Waals surface area contributed by atoms with E-state index in [0.29, 0.717) is 27.9 Å². The van der Waals surface area contributed by atoms with Crippen LogP contribution in [-0.4, -0.2) is 49.2 Å².